The van der Waals surface area contributed by atoms with E-state index in [9.17, 15) is 0 Å². The zero-order valence-electron chi connectivity index (χ0n) is 13.8. The molecule has 0 aromatic heterocycles. The van der Waals surface area contributed by atoms with Crippen molar-refractivity contribution >= 4 is 5.69 Å². The first-order valence-corrected chi connectivity index (χ1v) is 7.52. The molecule has 0 aliphatic heterocycles. The predicted octanol–water partition coefficient (Wildman–Crippen LogP) is 4.06. The maximum absolute atomic E-state index is 6.10. The highest BCUT2D eigenvalue weighted by atomic mass is 15.1. The van der Waals surface area contributed by atoms with Crippen molar-refractivity contribution in [1.29, 1.82) is 0 Å². The quantitative estimate of drug-likeness (QED) is 0.916. The second-order valence-electron chi connectivity index (χ2n) is 5.94. The SMILES string of the molecule is Cc1ccc(N(C)C(CN)c2cccc(C)c2C)c(C)c1. The zero-order chi connectivity index (χ0) is 15.6. The van der Waals surface area contributed by atoms with E-state index in [-0.39, 0.29) is 6.04 Å². The fourth-order valence-corrected chi connectivity index (χ4v) is 3.00. The number of anilines is 1. The largest absolute Gasteiger partial charge is 0.366 e. The standard InChI is InChI=1S/C19H26N2/c1-13-9-10-18(15(3)11-13)21(5)19(12-20)17-8-6-7-14(2)16(17)4/h6-11,19H,12,20H2,1-5H3. The number of aryl methyl sites for hydroxylation is 3. The number of nitrogens with zero attached hydrogens (tertiary/aromatic N) is 1. The number of hydrogen-bond donors (Lipinski definition) is 1. The van der Waals surface area contributed by atoms with Crippen molar-refractivity contribution in [3.05, 3.63) is 64.2 Å². The maximum Gasteiger partial charge on any atom is 0.0664 e. The molecular weight excluding hydrogens is 256 g/mol. The first kappa shape index (κ1) is 15.6. The van der Waals surface area contributed by atoms with E-state index < -0.39 is 0 Å². The highest BCUT2D eigenvalue weighted by molar-refractivity contribution is 5.56. The summed E-state index contributed by atoms with van der Waals surface area (Å²) in [5.74, 6) is 0. The molecule has 0 spiro atoms. The minimum atomic E-state index is 0.200. The second kappa shape index (κ2) is 6.31. The Balaban J connectivity index is 2.43. The molecule has 1 unspecified atom stereocenters. The predicted molar refractivity (Wildman–Crippen MR) is 92.0 cm³/mol. The van der Waals surface area contributed by atoms with Crippen LogP contribution in [-0.4, -0.2) is 13.6 Å². The summed E-state index contributed by atoms with van der Waals surface area (Å²) in [5.41, 5.74) is 13.9. The van der Waals surface area contributed by atoms with Crippen LogP contribution in [0.3, 0.4) is 0 Å². The smallest absolute Gasteiger partial charge is 0.0664 e. The van der Waals surface area contributed by atoms with Crippen LogP contribution < -0.4 is 10.6 Å². The maximum atomic E-state index is 6.10. The Hall–Kier alpha value is -1.80. The lowest BCUT2D eigenvalue weighted by molar-refractivity contribution is 0.674. The fourth-order valence-electron chi connectivity index (χ4n) is 3.00. The summed E-state index contributed by atoms with van der Waals surface area (Å²) in [5, 5.41) is 0. The highest BCUT2D eigenvalue weighted by Gasteiger charge is 2.19. The Kier molecular flexibility index (Phi) is 4.69. The van der Waals surface area contributed by atoms with E-state index in [0.717, 1.165) is 0 Å². The summed E-state index contributed by atoms with van der Waals surface area (Å²) in [6.07, 6.45) is 0. The molecular formula is C19H26N2. The number of nitrogens with two attached hydrogens (primary N) is 1. The molecule has 0 heterocycles. The van der Waals surface area contributed by atoms with Gasteiger partial charge in [0.15, 0.2) is 0 Å². The summed E-state index contributed by atoms with van der Waals surface area (Å²) >= 11 is 0. The van der Waals surface area contributed by atoms with Crippen molar-refractivity contribution in [2.45, 2.75) is 33.7 Å². The monoisotopic (exact) mass is 282 g/mol. The third kappa shape index (κ3) is 3.11. The van der Waals surface area contributed by atoms with E-state index in [1.807, 2.05) is 0 Å². The first-order chi connectivity index (χ1) is 9.95. The van der Waals surface area contributed by atoms with Crippen molar-refractivity contribution in [2.24, 2.45) is 5.73 Å². The Bertz CT molecular complexity index is 631. The molecule has 2 nitrogen and oxygen atoms in total. The Labute approximate surface area is 128 Å². The number of rotatable bonds is 4. The molecule has 0 aliphatic rings. The molecule has 2 N–H and O–H groups in total. The zero-order valence-corrected chi connectivity index (χ0v) is 13.8. The van der Waals surface area contributed by atoms with E-state index in [4.69, 9.17) is 5.73 Å². The fraction of sp³-hybridized carbons (Fsp3) is 0.368. The molecule has 2 aromatic carbocycles. The van der Waals surface area contributed by atoms with Crippen molar-refractivity contribution in [1.82, 2.24) is 0 Å². The Morgan fingerprint density at radius 3 is 2.33 bits per heavy atom. The Morgan fingerprint density at radius 1 is 1.00 bits per heavy atom. The van der Waals surface area contributed by atoms with Crippen LogP contribution >= 0.6 is 0 Å². The van der Waals surface area contributed by atoms with Gasteiger partial charge in [-0.1, -0.05) is 35.9 Å². The van der Waals surface area contributed by atoms with Crippen LogP contribution in [0.4, 0.5) is 5.69 Å². The van der Waals surface area contributed by atoms with Gasteiger partial charge in [-0.3, -0.25) is 0 Å². The van der Waals surface area contributed by atoms with E-state index in [1.54, 1.807) is 0 Å². The molecule has 2 aromatic rings. The first-order valence-electron chi connectivity index (χ1n) is 7.52. The molecule has 2 heteroatoms. The molecule has 0 aliphatic carbocycles. The molecule has 112 valence electrons. The van der Waals surface area contributed by atoms with Crippen molar-refractivity contribution in [3.8, 4) is 0 Å². The molecule has 0 saturated carbocycles. The van der Waals surface area contributed by atoms with E-state index in [1.165, 1.54) is 33.5 Å². The van der Waals surface area contributed by atoms with Gasteiger partial charge in [0.2, 0.25) is 0 Å². The Morgan fingerprint density at radius 2 is 1.71 bits per heavy atom. The lowest BCUT2D eigenvalue weighted by Gasteiger charge is -2.32. The van der Waals surface area contributed by atoms with Crippen LogP contribution in [0.5, 0.6) is 0 Å². The summed E-state index contributed by atoms with van der Waals surface area (Å²) in [4.78, 5) is 2.30. The minimum Gasteiger partial charge on any atom is -0.366 e. The van der Waals surface area contributed by atoms with E-state index in [2.05, 4.69) is 76.0 Å². The third-order valence-electron chi connectivity index (χ3n) is 4.43. The molecule has 0 bridgehead atoms. The summed E-state index contributed by atoms with van der Waals surface area (Å²) in [7, 11) is 2.14. The van der Waals surface area contributed by atoms with Gasteiger partial charge in [-0.25, -0.2) is 0 Å². The van der Waals surface area contributed by atoms with Crippen LogP contribution in [0.25, 0.3) is 0 Å². The molecule has 0 fully saturated rings. The normalized spacial score (nSPS) is 12.3. The van der Waals surface area contributed by atoms with E-state index in [0.29, 0.717) is 6.54 Å². The molecule has 1 atom stereocenters. The van der Waals surface area contributed by atoms with Gasteiger partial charge in [-0.2, -0.15) is 0 Å². The van der Waals surface area contributed by atoms with Gasteiger partial charge in [0, 0.05) is 19.3 Å². The van der Waals surface area contributed by atoms with Crippen molar-refractivity contribution in [2.75, 3.05) is 18.5 Å². The van der Waals surface area contributed by atoms with Gasteiger partial charge in [-0.15, -0.1) is 0 Å². The van der Waals surface area contributed by atoms with Crippen LogP contribution in [0.15, 0.2) is 36.4 Å². The molecule has 0 radical (unpaired) electrons. The molecule has 21 heavy (non-hydrogen) atoms. The van der Waals surface area contributed by atoms with Gasteiger partial charge in [0.1, 0.15) is 0 Å². The van der Waals surface area contributed by atoms with Gasteiger partial charge < -0.3 is 10.6 Å². The second-order valence-corrected chi connectivity index (χ2v) is 5.94. The molecule has 2 rings (SSSR count). The van der Waals surface area contributed by atoms with Crippen LogP contribution in [0, 0.1) is 27.7 Å². The number of likely N-dealkylation sites (N-methyl/N-ethyl adjacent to an activating group) is 1. The van der Waals surface area contributed by atoms with Crippen LogP contribution in [-0.2, 0) is 0 Å². The lowest BCUT2D eigenvalue weighted by Crippen LogP contribution is -2.31. The molecule has 0 saturated heterocycles. The molecule has 0 amide bonds. The van der Waals surface area contributed by atoms with Crippen molar-refractivity contribution < 1.29 is 0 Å². The van der Waals surface area contributed by atoms with Gasteiger partial charge in [0.05, 0.1) is 6.04 Å². The number of hydrogen-bond acceptors (Lipinski definition) is 2. The lowest BCUT2D eigenvalue weighted by atomic mass is 9.96. The van der Waals surface area contributed by atoms with E-state index >= 15 is 0 Å². The van der Waals surface area contributed by atoms with Gasteiger partial charge in [0.25, 0.3) is 0 Å². The summed E-state index contributed by atoms with van der Waals surface area (Å²) < 4.78 is 0. The summed E-state index contributed by atoms with van der Waals surface area (Å²) in [6.45, 7) is 9.23. The topological polar surface area (TPSA) is 29.3 Å². The van der Waals surface area contributed by atoms with Gasteiger partial charge >= 0.3 is 0 Å². The minimum absolute atomic E-state index is 0.200. The van der Waals surface area contributed by atoms with Crippen LogP contribution in [0.1, 0.15) is 33.9 Å². The van der Waals surface area contributed by atoms with Crippen molar-refractivity contribution in [3.63, 3.8) is 0 Å². The average Bonchev–Trinajstić information content (AvgIpc) is 2.44. The highest BCUT2D eigenvalue weighted by Crippen LogP contribution is 2.30. The average molecular weight is 282 g/mol. The van der Waals surface area contributed by atoms with Crippen LogP contribution in [0.2, 0.25) is 0 Å². The number of benzene rings is 2. The third-order valence-corrected chi connectivity index (χ3v) is 4.43. The summed E-state index contributed by atoms with van der Waals surface area (Å²) in [6, 6.07) is 13.3. The van der Waals surface area contributed by atoms with Gasteiger partial charge in [-0.05, 0) is 56.0 Å².